The summed E-state index contributed by atoms with van der Waals surface area (Å²) in [6.07, 6.45) is 1.23. The van der Waals surface area contributed by atoms with E-state index in [2.05, 4.69) is 25.8 Å². The Morgan fingerprint density at radius 2 is 2.09 bits per heavy atom. The zero-order valence-corrected chi connectivity index (χ0v) is 8.26. The summed E-state index contributed by atoms with van der Waals surface area (Å²) in [6.45, 7) is 7.62. The zero-order chi connectivity index (χ0) is 8.69. The lowest BCUT2D eigenvalue weighted by Crippen LogP contribution is -2.21. The van der Waals surface area contributed by atoms with E-state index in [1.165, 1.54) is 13.0 Å². The van der Waals surface area contributed by atoms with Crippen molar-refractivity contribution >= 4 is 0 Å². The molecular weight excluding hydrogens is 138 g/mol. The summed E-state index contributed by atoms with van der Waals surface area (Å²) in [5.41, 5.74) is 0. The summed E-state index contributed by atoms with van der Waals surface area (Å²) >= 11 is 0. The lowest BCUT2D eigenvalue weighted by Gasteiger charge is -2.16. The summed E-state index contributed by atoms with van der Waals surface area (Å²) in [5, 5.41) is 0. The number of nitrogens with zero attached hydrogens (tertiary/aromatic N) is 1. The molecule has 0 aromatic heterocycles. The third-order valence-corrected chi connectivity index (χ3v) is 1.99. The minimum Gasteiger partial charge on any atom is -0.384 e. The van der Waals surface area contributed by atoms with Gasteiger partial charge in [0.15, 0.2) is 0 Å². The molecule has 2 heteroatoms. The molecule has 0 bridgehead atoms. The van der Waals surface area contributed by atoms with Crippen LogP contribution < -0.4 is 0 Å². The van der Waals surface area contributed by atoms with Crippen molar-refractivity contribution in [3.8, 4) is 0 Å². The van der Waals surface area contributed by atoms with Crippen LogP contribution in [0.1, 0.15) is 20.3 Å². The SMILES string of the molecule is CCN(C)CCC(C)COC. The van der Waals surface area contributed by atoms with Gasteiger partial charge in [0.2, 0.25) is 0 Å². The van der Waals surface area contributed by atoms with Crippen LogP contribution in [0.4, 0.5) is 0 Å². The van der Waals surface area contributed by atoms with Crippen molar-refractivity contribution < 1.29 is 4.74 Å². The van der Waals surface area contributed by atoms with Gasteiger partial charge in [-0.25, -0.2) is 0 Å². The molecule has 0 aliphatic heterocycles. The van der Waals surface area contributed by atoms with Crippen LogP contribution in [-0.4, -0.2) is 38.8 Å². The highest BCUT2D eigenvalue weighted by atomic mass is 16.5. The van der Waals surface area contributed by atoms with E-state index in [0.717, 1.165) is 13.2 Å². The predicted octanol–water partition coefficient (Wildman–Crippen LogP) is 1.61. The number of hydrogen-bond acceptors (Lipinski definition) is 2. The predicted molar refractivity (Wildman–Crippen MR) is 48.8 cm³/mol. The van der Waals surface area contributed by atoms with Crippen molar-refractivity contribution in [3.05, 3.63) is 0 Å². The Labute approximate surface area is 70.5 Å². The van der Waals surface area contributed by atoms with Gasteiger partial charge in [0.05, 0.1) is 0 Å². The zero-order valence-electron chi connectivity index (χ0n) is 8.26. The first-order valence-corrected chi connectivity index (χ1v) is 4.38. The molecular formula is C9H21NO. The molecule has 0 fully saturated rings. The molecule has 0 aromatic carbocycles. The molecule has 0 amide bonds. The first-order valence-electron chi connectivity index (χ1n) is 4.38. The van der Waals surface area contributed by atoms with E-state index in [-0.39, 0.29) is 0 Å². The monoisotopic (exact) mass is 159 g/mol. The quantitative estimate of drug-likeness (QED) is 0.584. The van der Waals surface area contributed by atoms with E-state index < -0.39 is 0 Å². The molecule has 0 aliphatic rings. The van der Waals surface area contributed by atoms with Crippen LogP contribution >= 0.6 is 0 Å². The highest BCUT2D eigenvalue weighted by molar-refractivity contribution is 4.54. The van der Waals surface area contributed by atoms with E-state index in [1.807, 2.05) is 0 Å². The Hall–Kier alpha value is -0.0800. The largest absolute Gasteiger partial charge is 0.384 e. The minimum absolute atomic E-state index is 0.689. The third-order valence-electron chi connectivity index (χ3n) is 1.99. The summed E-state index contributed by atoms with van der Waals surface area (Å²) in [5.74, 6) is 0.689. The lowest BCUT2D eigenvalue weighted by molar-refractivity contribution is 0.149. The highest BCUT2D eigenvalue weighted by Crippen LogP contribution is 2.02. The summed E-state index contributed by atoms with van der Waals surface area (Å²) < 4.78 is 5.05. The van der Waals surface area contributed by atoms with Crippen LogP contribution in [0.3, 0.4) is 0 Å². The normalized spacial score (nSPS) is 13.9. The molecule has 0 saturated heterocycles. The topological polar surface area (TPSA) is 12.5 Å². The van der Waals surface area contributed by atoms with Crippen molar-refractivity contribution in [3.63, 3.8) is 0 Å². The molecule has 11 heavy (non-hydrogen) atoms. The molecule has 2 nitrogen and oxygen atoms in total. The second kappa shape index (κ2) is 6.62. The van der Waals surface area contributed by atoms with Gasteiger partial charge >= 0.3 is 0 Å². The molecule has 0 saturated carbocycles. The standard InChI is InChI=1S/C9H21NO/c1-5-10(3)7-6-9(2)8-11-4/h9H,5-8H2,1-4H3. The number of hydrogen-bond donors (Lipinski definition) is 0. The van der Waals surface area contributed by atoms with Gasteiger partial charge in [-0.3, -0.25) is 0 Å². The van der Waals surface area contributed by atoms with Crippen molar-refractivity contribution in [2.45, 2.75) is 20.3 Å². The maximum Gasteiger partial charge on any atom is 0.0488 e. The van der Waals surface area contributed by atoms with Crippen molar-refractivity contribution in [1.82, 2.24) is 4.90 Å². The summed E-state index contributed by atoms with van der Waals surface area (Å²) in [6, 6.07) is 0. The van der Waals surface area contributed by atoms with Crippen LogP contribution in [0.2, 0.25) is 0 Å². The van der Waals surface area contributed by atoms with Crippen molar-refractivity contribution in [1.29, 1.82) is 0 Å². The second-order valence-corrected chi connectivity index (χ2v) is 3.25. The van der Waals surface area contributed by atoms with E-state index >= 15 is 0 Å². The molecule has 0 spiro atoms. The summed E-state index contributed by atoms with van der Waals surface area (Å²) in [7, 11) is 3.92. The molecule has 0 aliphatic carbocycles. The molecule has 0 rings (SSSR count). The van der Waals surface area contributed by atoms with Gasteiger partial charge in [-0.05, 0) is 32.5 Å². The Morgan fingerprint density at radius 3 is 2.55 bits per heavy atom. The van der Waals surface area contributed by atoms with E-state index in [0.29, 0.717) is 5.92 Å². The summed E-state index contributed by atoms with van der Waals surface area (Å²) in [4.78, 5) is 2.33. The lowest BCUT2D eigenvalue weighted by atomic mass is 10.1. The Kier molecular flexibility index (Phi) is 6.57. The average molecular weight is 159 g/mol. The fraction of sp³-hybridized carbons (Fsp3) is 1.00. The van der Waals surface area contributed by atoms with E-state index in [9.17, 15) is 0 Å². The highest BCUT2D eigenvalue weighted by Gasteiger charge is 2.02. The third kappa shape index (κ3) is 6.32. The van der Waals surface area contributed by atoms with Gasteiger partial charge in [-0.15, -0.1) is 0 Å². The number of methoxy groups -OCH3 is 1. The average Bonchev–Trinajstić information content (AvgIpc) is 2.01. The van der Waals surface area contributed by atoms with Crippen molar-refractivity contribution in [2.24, 2.45) is 5.92 Å². The van der Waals surface area contributed by atoms with Crippen LogP contribution in [0, 0.1) is 5.92 Å². The van der Waals surface area contributed by atoms with Crippen molar-refractivity contribution in [2.75, 3.05) is 33.9 Å². The van der Waals surface area contributed by atoms with Gasteiger partial charge in [0, 0.05) is 13.7 Å². The van der Waals surface area contributed by atoms with E-state index in [1.54, 1.807) is 7.11 Å². The minimum atomic E-state index is 0.689. The number of ether oxygens (including phenoxy) is 1. The first kappa shape index (κ1) is 10.9. The smallest absolute Gasteiger partial charge is 0.0488 e. The fourth-order valence-corrected chi connectivity index (χ4v) is 0.967. The number of rotatable bonds is 6. The van der Waals surface area contributed by atoms with Gasteiger partial charge in [-0.2, -0.15) is 0 Å². The van der Waals surface area contributed by atoms with E-state index in [4.69, 9.17) is 4.74 Å². The fourth-order valence-electron chi connectivity index (χ4n) is 0.967. The molecule has 0 aromatic rings. The van der Waals surface area contributed by atoms with Crippen LogP contribution in [0.5, 0.6) is 0 Å². The second-order valence-electron chi connectivity index (χ2n) is 3.25. The van der Waals surface area contributed by atoms with Gasteiger partial charge in [0.1, 0.15) is 0 Å². The Bertz CT molecular complexity index is 85.6. The molecule has 0 radical (unpaired) electrons. The van der Waals surface area contributed by atoms with Gasteiger partial charge in [-0.1, -0.05) is 13.8 Å². The maximum atomic E-state index is 5.05. The Morgan fingerprint density at radius 1 is 1.45 bits per heavy atom. The molecule has 68 valence electrons. The van der Waals surface area contributed by atoms with Gasteiger partial charge in [0.25, 0.3) is 0 Å². The maximum absolute atomic E-state index is 5.05. The molecule has 1 unspecified atom stereocenters. The van der Waals surface area contributed by atoms with Crippen LogP contribution in [0.25, 0.3) is 0 Å². The van der Waals surface area contributed by atoms with Crippen LogP contribution in [0.15, 0.2) is 0 Å². The van der Waals surface area contributed by atoms with Crippen LogP contribution in [-0.2, 0) is 4.74 Å². The first-order chi connectivity index (χ1) is 5.20. The Balaban J connectivity index is 3.22. The molecule has 1 atom stereocenters. The van der Waals surface area contributed by atoms with Gasteiger partial charge < -0.3 is 9.64 Å². The molecule has 0 heterocycles. The molecule has 0 N–H and O–H groups in total.